The van der Waals surface area contributed by atoms with E-state index in [1.54, 1.807) is 12.7 Å². The van der Waals surface area contributed by atoms with Gasteiger partial charge in [-0.3, -0.25) is 0 Å². The van der Waals surface area contributed by atoms with Crippen LogP contribution in [0.1, 0.15) is 24.0 Å². The van der Waals surface area contributed by atoms with Gasteiger partial charge >= 0.3 is 0 Å². The molecule has 0 amide bonds. The lowest BCUT2D eigenvalue weighted by Crippen LogP contribution is -2.53. The molecule has 128 valence electrons. The largest absolute Gasteiger partial charge is 0.367 e. The topological polar surface area (TPSA) is 43.2 Å². The van der Waals surface area contributed by atoms with Crippen molar-refractivity contribution in [1.29, 1.82) is 0 Å². The molecule has 25 heavy (non-hydrogen) atoms. The Balaban J connectivity index is 1.88. The average molecular weight is 334 g/mol. The molecule has 2 heterocycles. The van der Waals surface area contributed by atoms with Crippen molar-refractivity contribution < 1.29 is 4.74 Å². The first-order valence-corrected chi connectivity index (χ1v) is 8.64. The van der Waals surface area contributed by atoms with Crippen LogP contribution >= 0.6 is 0 Å². The zero-order valence-corrected chi connectivity index (χ0v) is 14.3. The predicted molar refractivity (Wildman–Crippen MR) is 96.8 cm³/mol. The van der Waals surface area contributed by atoms with Crippen LogP contribution in [0.3, 0.4) is 0 Å². The molecule has 1 aromatic heterocycles. The molecule has 0 aliphatic carbocycles. The van der Waals surface area contributed by atoms with Crippen molar-refractivity contribution in [2.75, 3.05) is 18.7 Å². The minimum atomic E-state index is -0.552. The molecular weight excluding hydrogens is 312 g/mol. The van der Waals surface area contributed by atoms with E-state index in [9.17, 15) is 0 Å². The molecule has 1 aliphatic rings. The van der Waals surface area contributed by atoms with Gasteiger partial charge in [0.15, 0.2) is 0 Å². The molecule has 5 nitrogen and oxygen atoms in total. The number of hydrogen-bond acceptors (Lipinski definition) is 4. The fourth-order valence-corrected chi connectivity index (χ4v) is 4.06. The van der Waals surface area contributed by atoms with Gasteiger partial charge in [0.05, 0.1) is 6.04 Å². The Morgan fingerprint density at radius 2 is 1.48 bits per heavy atom. The lowest BCUT2D eigenvalue weighted by Gasteiger charge is -2.43. The summed E-state index contributed by atoms with van der Waals surface area (Å²) in [5.74, 6) is 0. The third-order valence-electron chi connectivity index (χ3n) is 5.12. The number of nitrogens with zero attached hydrogens (tertiary/aromatic N) is 4. The zero-order valence-electron chi connectivity index (χ0n) is 14.3. The molecule has 1 atom stereocenters. The Hall–Kier alpha value is -2.66. The summed E-state index contributed by atoms with van der Waals surface area (Å²) in [6.07, 6.45) is 5.66. The van der Waals surface area contributed by atoms with Gasteiger partial charge in [0, 0.05) is 13.7 Å². The first-order chi connectivity index (χ1) is 12.4. The van der Waals surface area contributed by atoms with Crippen molar-refractivity contribution in [2.45, 2.75) is 24.5 Å². The summed E-state index contributed by atoms with van der Waals surface area (Å²) >= 11 is 0. The van der Waals surface area contributed by atoms with E-state index in [1.807, 2.05) is 23.9 Å². The summed E-state index contributed by atoms with van der Waals surface area (Å²) in [5, 5.41) is 10.3. The maximum atomic E-state index is 6.33. The smallest absolute Gasteiger partial charge is 0.139 e. The minimum Gasteiger partial charge on any atom is -0.367 e. The second-order valence-electron chi connectivity index (χ2n) is 6.33. The van der Waals surface area contributed by atoms with Gasteiger partial charge in [-0.1, -0.05) is 60.7 Å². The van der Waals surface area contributed by atoms with Crippen molar-refractivity contribution in [3.05, 3.63) is 84.4 Å². The molecular formula is C20H22N4O. The fourth-order valence-electron chi connectivity index (χ4n) is 4.06. The van der Waals surface area contributed by atoms with Crippen LogP contribution in [0, 0.1) is 0 Å². The van der Waals surface area contributed by atoms with E-state index in [2.05, 4.69) is 63.7 Å². The summed E-state index contributed by atoms with van der Waals surface area (Å²) in [6.45, 7) is 0.952. The number of benzene rings is 2. The molecule has 0 bridgehead atoms. The summed E-state index contributed by atoms with van der Waals surface area (Å²) < 4.78 is 8.31. The summed E-state index contributed by atoms with van der Waals surface area (Å²) in [4.78, 5) is 0. The molecule has 1 fully saturated rings. The van der Waals surface area contributed by atoms with Crippen molar-refractivity contribution in [3.8, 4) is 0 Å². The van der Waals surface area contributed by atoms with Gasteiger partial charge in [-0.2, -0.15) is 0 Å². The predicted octanol–water partition coefficient (Wildman–Crippen LogP) is 2.97. The second-order valence-corrected chi connectivity index (χ2v) is 6.33. The maximum absolute atomic E-state index is 6.33. The number of hydrogen-bond donors (Lipinski definition) is 0. The van der Waals surface area contributed by atoms with E-state index in [1.165, 1.54) is 0 Å². The van der Waals surface area contributed by atoms with Crippen LogP contribution in [0.2, 0.25) is 0 Å². The summed E-state index contributed by atoms with van der Waals surface area (Å²) in [7, 11) is 1.81. The Labute approximate surface area is 147 Å². The van der Waals surface area contributed by atoms with Crippen molar-refractivity contribution >= 4 is 0 Å². The monoisotopic (exact) mass is 334 g/mol. The first kappa shape index (κ1) is 15.8. The maximum Gasteiger partial charge on any atom is 0.139 e. The van der Waals surface area contributed by atoms with Gasteiger partial charge in [0.1, 0.15) is 18.3 Å². The van der Waals surface area contributed by atoms with E-state index in [4.69, 9.17) is 4.74 Å². The Morgan fingerprint density at radius 3 is 2.00 bits per heavy atom. The van der Waals surface area contributed by atoms with Gasteiger partial charge in [-0.05, 0) is 24.0 Å². The minimum absolute atomic E-state index is 0.151. The van der Waals surface area contributed by atoms with E-state index >= 15 is 0 Å². The second kappa shape index (κ2) is 6.69. The van der Waals surface area contributed by atoms with Crippen LogP contribution in [-0.2, 0) is 10.3 Å². The normalized spacial score (nSPS) is 17.8. The zero-order chi connectivity index (χ0) is 17.1. The van der Waals surface area contributed by atoms with Crippen LogP contribution < -0.4 is 5.01 Å². The van der Waals surface area contributed by atoms with Crippen molar-refractivity contribution in [3.63, 3.8) is 0 Å². The lowest BCUT2D eigenvalue weighted by atomic mass is 9.79. The van der Waals surface area contributed by atoms with Gasteiger partial charge < -0.3 is 9.75 Å². The molecule has 0 unspecified atom stereocenters. The molecule has 1 aliphatic heterocycles. The van der Waals surface area contributed by atoms with Gasteiger partial charge in [-0.15, -0.1) is 10.2 Å². The molecule has 5 heteroatoms. The highest BCUT2D eigenvalue weighted by molar-refractivity contribution is 5.41. The number of methoxy groups -OCH3 is 1. The molecule has 2 aromatic carbocycles. The molecule has 4 rings (SSSR count). The highest BCUT2D eigenvalue weighted by Gasteiger charge is 2.47. The van der Waals surface area contributed by atoms with Crippen LogP contribution in [0.5, 0.6) is 0 Å². The molecule has 0 saturated carbocycles. The van der Waals surface area contributed by atoms with E-state index < -0.39 is 5.60 Å². The summed E-state index contributed by atoms with van der Waals surface area (Å²) in [5.41, 5.74) is 1.77. The van der Waals surface area contributed by atoms with E-state index in [-0.39, 0.29) is 6.04 Å². The number of rotatable bonds is 5. The van der Waals surface area contributed by atoms with Crippen LogP contribution in [0.4, 0.5) is 0 Å². The molecule has 0 N–H and O–H groups in total. The summed E-state index contributed by atoms with van der Waals surface area (Å²) in [6, 6.07) is 21.1. The Bertz CT molecular complexity index is 750. The molecule has 0 spiro atoms. The third kappa shape index (κ3) is 2.61. The molecule has 0 radical (unpaired) electrons. The molecule has 1 saturated heterocycles. The van der Waals surface area contributed by atoms with Gasteiger partial charge in [-0.25, -0.2) is 4.68 Å². The first-order valence-electron chi connectivity index (χ1n) is 8.64. The highest BCUT2D eigenvalue weighted by Crippen LogP contribution is 2.42. The number of aromatic nitrogens is 3. The lowest BCUT2D eigenvalue weighted by molar-refractivity contribution is -0.00438. The van der Waals surface area contributed by atoms with Gasteiger partial charge in [0.2, 0.25) is 0 Å². The third-order valence-corrected chi connectivity index (χ3v) is 5.12. The van der Waals surface area contributed by atoms with Crippen LogP contribution in [0.15, 0.2) is 73.3 Å². The fraction of sp³-hybridized carbons (Fsp3) is 0.300. The Morgan fingerprint density at radius 1 is 0.920 bits per heavy atom. The van der Waals surface area contributed by atoms with Crippen molar-refractivity contribution in [2.24, 2.45) is 0 Å². The number of ether oxygens (including phenoxy) is 1. The van der Waals surface area contributed by atoms with Gasteiger partial charge in [0.25, 0.3) is 0 Å². The van der Waals surface area contributed by atoms with Crippen LogP contribution in [-0.4, -0.2) is 34.6 Å². The standard InChI is InChI=1S/C20H22N4O/c1-25-20(17-9-4-2-5-10-17,18-11-6-3-7-12-18)19-13-8-14-24(19)23-15-21-22-16-23/h2-7,9-12,15-16,19H,8,13-14H2,1H3/t19-/m0/s1. The van der Waals surface area contributed by atoms with E-state index in [0.29, 0.717) is 0 Å². The van der Waals surface area contributed by atoms with Crippen molar-refractivity contribution in [1.82, 2.24) is 14.9 Å². The van der Waals surface area contributed by atoms with E-state index in [0.717, 1.165) is 30.5 Å². The SMILES string of the molecule is COC(c1ccccc1)(c1ccccc1)[C@@H]1CCCN1n1cnnc1. The quantitative estimate of drug-likeness (QED) is 0.719. The Kier molecular flexibility index (Phi) is 4.24. The van der Waals surface area contributed by atoms with Crippen LogP contribution in [0.25, 0.3) is 0 Å². The molecule has 3 aromatic rings. The highest BCUT2D eigenvalue weighted by atomic mass is 16.5. The average Bonchev–Trinajstić information content (AvgIpc) is 3.37.